The van der Waals surface area contributed by atoms with Gasteiger partial charge in [-0.3, -0.25) is 9.48 Å². The van der Waals surface area contributed by atoms with Gasteiger partial charge in [-0.25, -0.2) is 0 Å². The Balaban J connectivity index is 2.50. The van der Waals surface area contributed by atoms with Crippen LogP contribution in [0.15, 0.2) is 6.20 Å². The molecule has 5 nitrogen and oxygen atoms in total. The molecule has 0 saturated heterocycles. The average Bonchev–Trinajstić information content (AvgIpc) is 2.86. The van der Waals surface area contributed by atoms with Crippen LogP contribution in [0.1, 0.15) is 69.8 Å². The lowest BCUT2D eigenvalue weighted by molar-refractivity contribution is 0.0921. The number of hydrogen-bond donors (Lipinski definition) is 1. The molecule has 0 aliphatic heterocycles. The molecule has 1 aromatic rings. The summed E-state index contributed by atoms with van der Waals surface area (Å²) in [7, 11) is 1.84. The third-order valence-electron chi connectivity index (χ3n) is 4.06. The quantitative estimate of drug-likeness (QED) is 0.391. The van der Waals surface area contributed by atoms with Crippen molar-refractivity contribution in [2.24, 2.45) is 7.05 Å². The Morgan fingerprint density at radius 3 is 2.29 bits per heavy atom. The minimum Gasteiger partial charge on any atom is -0.347 e. The molecule has 24 heavy (non-hydrogen) atoms. The zero-order valence-corrected chi connectivity index (χ0v) is 17.8. The second-order valence-electron chi connectivity index (χ2n) is 6.59. The third-order valence-corrected chi connectivity index (χ3v) is 4.85. The number of halogens is 1. The van der Waals surface area contributed by atoms with Gasteiger partial charge < -0.3 is 10.2 Å². The molecule has 1 atom stereocenters. The van der Waals surface area contributed by atoms with Crippen molar-refractivity contribution in [3.05, 3.63) is 15.5 Å². The number of carbonyl (C=O) groups is 1. The predicted octanol–water partition coefficient (Wildman–Crippen LogP) is 3.83. The Labute approximate surface area is 160 Å². The molecule has 0 unspecified atom stereocenters. The molecular formula is C18H33IN4O. The van der Waals surface area contributed by atoms with Crippen molar-refractivity contribution in [3.8, 4) is 0 Å². The maximum atomic E-state index is 12.4. The molecule has 0 saturated carbocycles. The molecule has 0 aromatic carbocycles. The Bertz CT molecular complexity index is 479. The van der Waals surface area contributed by atoms with Gasteiger partial charge in [0.25, 0.3) is 5.91 Å². The standard InChI is InChI=1S/C18H33IN4O/c1-5-7-9-11-23(12-10-8-6-2)13-15(3)20-18(24)17-16(19)14-22(4)21-17/h14-15H,5-13H2,1-4H3,(H,20,24)/t15-/m1/s1. The van der Waals surface area contributed by atoms with E-state index in [1.807, 2.05) is 13.2 Å². The third kappa shape index (κ3) is 7.96. The molecule has 1 N–H and O–H groups in total. The van der Waals surface area contributed by atoms with Crippen molar-refractivity contribution < 1.29 is 4.79 Å². The summed E-state index contributed by atoms with van der Waals surface area (Å²) in [6, 6.07) is 0.124. The first-order valence-electron chi connectivity index (χ1n) is 9.20. The summed E-state index contributed by atoms with van der Waals surface area (Å²) in [6.07, 6.45) is 9.37. The topological polar surface area (TPSA) is 50.2 Å². The largest absolute Gasteiger partial charge is 0.347 e. The predicted molar refractivity (Wildman–Crippen MR) is 108 cm³/mol. The first kappa shape index (κ1) is 21.4. The van der Waals surface area contributed by atoms with Crippen LogP contribution in [-0.2, 0) is 7.05 Å². The van der Waals surface area contributed by atoms with E-state index < -0.39 is 0 Å². The van der Waals surface area contributed by atoms with Gasteiger partial charge in [0.2, 0.25) is 0 Å². The van der Waals surface area contributed by atoms with Crippen LogP contribution in [0.25, 0.3) is 0 Å². The van der Waals surface area contributed by atoms with E-state index in [4.69, 9.17) is 0 Å². The summed E-state index contributed by atoms with van der Waals surface area (Å²) >= 11 is 2.16. The average molecular weight is 448 g/mol. The molecule has 1 rings (SSSR count). The van der Waals surface area contributed by atoms with Gasteiger partial charge in [-0.15, -0.1) is 0 Å². The van der Waals surface area contributed by atoms with Crippen LogP contribution in [0.5, 0.6) is 0 Å². The van der Waals surface area contributed by atoms with Crippen LogP contribution in [-0.4, -0.2) is 46.3 Å². The minimum atomic E-state index is -0.0745. The van der Waals surface area contributed by atoms with Crippen molar-refractivity contribution in [1.29, 1.82) is 0 Å². The fraction of sp³-hybridized carbons (Fsp3) is 0.778. The van der Waals surface area contributed by atoms with Crippen molar-refractivity contribution in [2.45, 2.75) is 65.3 Å². The first-order valence-corrected chi connectivity index (χ1v) is 10.3. The fourth-order valence-corrected chi connectivity index (χ4v) is 3.56. The number of aromatic nitrogens is 2. The molecule has 0 spiro atoms. The highest BCUT2D eigenvalue weighted by Crippen LogP contribution is 2.10. The van der Waals surface area contributed by atoms with E-state index in [-0.39, 0.29) is 11.9 Å². The summed E-state index contributed by atoms with van der Waals surface area (Å²) < 4.78 is 2.57. The maximum Gasteiger partial charge on any atom is 0.273 e. The van der Waals surface area contributed by atoms with E-state index in [0.29, 0.717) is 5.69 Å². The fourth-order valence-electron chi connectivity index (χ4n) is 2.80. The lowest BCUT2D eigenvalue weighted by Crippen LogP contribution is -2.43. The number of nitrogens with zero attached hydrogens (tertiary/aromatic N) is 3. The van der Waals surface area contributed by atoms with Gasteiger partial charge in [0.05, 0.1) is 3.57 Å². The Hall–Kier alpha value is -0.630. The summed E-state index contributed by atoms with van der Waals surface area (Å²) in [4.78, 5) is 14.9. The summed E-state index contributed by atoms with van der Waals surface area (Å²) in [5, 5.41) is 7.35. The Morgan fingerprint density at radius 2 is 1.83 bits per heavy atom. The van der Waals surface area contributed by atoms with Gasteiger partial charge >= 0.3 is 0 Å². The van der Waals surface area contributed by atoms with E-state index in [1.165, 1.54) is 38.5 Å². The minimum absolute atomic E-state index is 0.0745. The SMILES string of the molecule is CCCCCN(CCCCC)C[C@@H](C)NC(=O)c1nn(C)cc1I. The van der Waals surface area contributed by atoms with Crippen LogP contribution in [0, 0.1) is 3.57 Å². The van der Waals surface area contributed by atoms with Crippen LogP contribution in [0.4, 0.5) is 0 Å². The summed E-state index contributed by atoms with van der Waals surface area (Å²) in [5.74, 6) is -0.0745. The highest BCUT2D eigenvalue weighted by atomic mass is 127. The number of amides is 1. The van der Waals surface area contributed by atoms with Gasteiger partial charge in [-0.1, -0.05) is 39.5 Å². The molecule has 138 valence electrons. The molecule has 0 aliphatic carbocycles. The van der Waals surface area contributed by atoms with E-state index in [2.05, 4.69) is 58.7 Å². The van der Waals surface area contributed by atoms with Crippen LogP contribution in [0.3, 0.4) is 0 Å². The van der Waals surface area contributed by atoms with E-state index in [0.717, 1.165) is 23.2 Å². The monoisotopic (exact) mass is 448 g/mol. The number of nitrogens with one attached hydrogen (secondary N) is 1. The number of aryl methyl sites for hydroxylation is 1. The normalized spacial score (nSPS) is 12.6. The maximum absolute atomic E-state index is 12.4. The number of carbonyl (C=O) groups excluding carboxylic acids is 1. The van der Waals surface area contributed by atoms with Crippen molar-refractivity contribution in [2.75, 3.05) is 19.6 Å². The van der Waals surface area contributed by atoms with E-state index >= 15 is 0 Å². The molecule has 6 heteroatoms. The van der Waals surface area contributed by atoms with Gasteiger partial charge in [0.1, 0.15) is 0 Å². The molecule has 1 heterocycles. The van der Waals surface area contributed by atoms with Crippen molar-refractivity contribution in [3.63, 3.8) is 0 Å². The van der Waals surface area contributed by atoms with Gasteiger partial charge in [0.15, 0.2) is 5.69 Å². The van der Waals surface area contributed by atoms with Crippen LogP contribution < -0.4 is 5.32 Å². The molecule has 0 bridgehead atoms. The van der Waals surface area contributed by atoms with Crippen LogP contribution >= 0.6 is 22.6 Å². The van der Waals surface area contributed by atoms with Gasteiger partial charge in [-0.05, 0) is 55.4 Å². The molecule has 1 amide bonds. The van der Waals surface area contributed by atoms with E-state index in [9.17, 15) is 4.79 Å². The zero-order chi connectivity index (χ0) is 17.9. The lowest BCUT2D eigenvalue weighted by Gasteiger charge is -2.26. The zero-order valence-electron chi connectivity index (χ0n) is 15.6. The molecule has 0 fully saturated rings. The number of rotatable bonds is 12. The molecule has 0 aliphatic rings. The molecule has 0 radical (unpaired) electrons. The summed E-state index contributed by atoms with van der Waals surface area (Å²) in [5.41, 5.74) is 0.522. The Morgan fingerprint density at radius 1 is 1.25 bits per heavy atom. The lowest BCUT2D eigenvalue weighted by atomic mass is 10.2. The van der Waals surface area contributed by atoms with Crippen LogP contribution in [0.2, 0.25) is 0 Å². The highest BCUT2D eigenvalue weighted by Gasteiger charge is 2.18. The van der Waals surface area contributed by atoms with Gasteiger partial charge in [0, 0.05) is 25.8 Å². The smallest absolute Gasteiger partial charge is 0.273 e. The van der Waals surface area contributed by atoms with Gasteiger partial charge in [-0.2, -0.15) is 5.10 Å². The second kappa shape index (κ2) is 11.8. The molecule has 1 aromatic heterocycles. The first-order chi connectivity index (χ1) is 11.5. The highest BCUT2D eigenvalue weighted by molar-refractivity contribution is 14.1. The molecular weight excluding hydrogens is 415 g/mol. The van der Waals surface area contributed by atoms with Crippen molar-refractivity contribution >= 4 is 28.5 Å². The Kier molecular flexibility index (Phi) is 10.6. The van der Waals surface area contributed by atoms with Crippen molar-refractivity contribution in [1.82, 2.24) is 20.0 Å². The number of hydrogen-bond acceptors (Lipinski definition) is 3. The summed E-state index contributed by atoms with van der Waals surface area (Å²) in [6.45, 7) is 9.71. The number of unbranched alkanes of at least 4 members (excludes halogenated alkanes) is 4. The van der Waals surface area contributed by atoms with E-state index in [1.54, 1.807) is 4.68 Å². The second-order valence-corrected chi connectivity index (χ2v) is 7.75.